The van der Waals surface area contributed by atoms with Gasteiger partial charge in [-0.15, -0.1) is 0 Å². The summed E-state index contributed by atoms with van der Waals surface area (Å²) in [4.78, 5) is 0. The topological polar surface area (TPSA) is 57.2 Å². The first-order chi connectivity index (χ1) is 16.2. The van der Waals surface area contributed by atoms with Crippen molar-refractivity contribution in [3.63, 3.8) is 0 Å². The lowest BCUT2D eigenvalue weighted by atomic mass is 9.93. The molecule has 188 valence electrons. The van der Waals surface area contributed by atoms with Gasteiger partial charge in [0.2, 0.25) is 0 Å². The fourth-order valence-electron chi connectivity index (χ4n) is 4.80. The van der Waals surface area contributed by atoms with Crippen molar-refractivity contribution in [3.05, 3.63) is 48.0 Å². The van der Waals surface area contributed by atoms with Gasteiger partial charge in [-0.3, -0.25) is 0 Å². The molecule has 1 N–H and O–H groups in total. The van der Waals surface area contributed by atoms with Crippen LogP contribution < -0.4 is 0 Å². The largest absolute Gasteiger partial charge is 0.411 e. The smallest absolute Gasteiger partial charge is 0.192 e. The normalized spacial score (nSPS) is 28.5. The summed E-state index contributed by atoms with van der Waals surface area (Å²) in [5.41, 5.74) is 1.19. The third-order valence-electron chi connectivity index (χ3n) is 7.88. The van der Waals surface area contributed by atoms with Gasteiger partial charge in [0, 0.05) is 26.1 Å². The van der Waals surface area contributed by atoms with Gasteiger partial charge in [0.25, 0.3) is 0 Å². The van der Waals surface area contributed by atoms with E-state index in [0.29, 0.717) is 19.6 Å². The zero-order valence-corrected chi connectivity index (χ0v) is 22.5. The third kappa shape index (κ3) is 6.09. The van der Waals surface area contributed by atoms with E-state index in [9.17, 15) is 5.11 Å². The second-order valence-corrected chi connectivity index (χ2v) is 16.2. The van der Waals surface area contributed by atoms with E-state index in [4.69, 9.17) is 18.6 Å². The predicted octanol–water partition coefficient (Wildman–Crippen LogP) is 5.83. The number of aliphatic hydroxyl groups is 1. The first-order valence-corrected chi connectivity index (χ1v) is 15.7. The average molecular weight is 487 g/mol. The Hall–Kier alpha value is -1.28. The molecule has 0 radical (unpaired) electrons. The van der Waals surface area contributed by atoms with E-state index in [2.05, 4.69) is 76.3 Å². The van der Waals surface area contributed by atoms with E-state index in [1.807, 2.05) is 0 Å². The number of aliphatic hydroxyl groups excluding tert-OH is 1. The monoisotopic (exact) mass is 486 g/mol. The molecule has 34 heavy (non-hydrogen) atoms. The minimum Gasteiger partial charge on any atom is -0.411 e. The number of ether oxygens (including phenoxy) is 3. The zero-order valence-electron chi connectivity index (χ0n) is 21.5. The Balaban J connectivity index is 1.39. The quantitative estimate of drug-likeness (QED) is 0.499. The van der Waals surface area contributed by atoms with Gasteiger partial charge in [0.1, 0.15) is 0 Å². The van der Waals surface area contributed by atoms with E-state index in [0.717, 1.165) is 19.3 Å². The Kier molecular flexibility index (Phi) is 8.17. The molecule has 0 spiro atoms. The molecule has 0 saturated carbocycles. The van der Waals surface area contributed by atoms with Crippen molar-refractivity contribution in [1.82, 2.24) is 0 Å². The lowest BCUT2D eigenvalue weighted by molar-refractivity contribution is -0.182. The maximum atomic E-state index is 9.70. The van der Waals surface area contributed by atoms with Crippen molar-refractivity contribution >= 4 is 19.1 Å². The van der Waals surface area contributed by atoms with Gasteiger partial charge >= 0.3 is 0 Å². The van der Waals surface area contributed by atoms with Crippen LogP contribution in [0.4, 0.5) is 0 Å². The summed E-state index contributed by atoms with van der Waals surface area (Å²) in [6.07, 6.45) is 3.01. The SMILES string of the molecule is CC(C)(C)[Si](C)(C)O[C@H]1C[C@H]2OCC[C@H](OCc3ccc4ccccc4c3)C[C@@H]2O[C@@H]1CCO. The summed E-state index contributed by atoms with van der Waals surface area (Å²) in [6.45, 7) is 12.7. The van der Waals surface area contributed by atoms with E-state index >= 15 is 0 Å². The lowest BCUT2D eigenvalue weighted by Gasteiger charge is -2.46. The highest BCUT2D eigenvalue weighted by molar-refractivity contribution is 6.74. The molecule has 2 aromatic rings. The maximum Gasteiger partial charge on any atom is 0.192 e. The molecule has 0 aliphatic carbocycles. The van der Waals surface area contributed by atoms with Crippen LogP contribution >= 0.6 is 0 Å². The highest BCUT2D eigenvalue weighted by Crippen LogP contribution is 2.41. The fraction of sp³-hybridized carbons (Fsp3) is 0.643. The highest BCUT2D eigenvalue weighted by Gasteiger charge is 2.46. The van der Waals surface area contributed by atoms with Gasteiger partial charge in [-0.2, -0.15) is 0 Å². The summed E-state index contributed by atoms with van der Waals surface area (Å²) in [5, 5.41) is 12.3. The molecule has 0 aromatic heterocycles. The van der Waals surface area contributed by atoms with Crippen LogP contribution in [0, 0.1) is 0 Å². The molecular formula is C28H42O5Si. The molecule has 5 nitrogen and oxygen atoms in total. The number of fused-ring (bicyclic) bond motifs is 2. The van der Waals surface area contributed by atoms with Crippen LogP contribution in [-0.4, -0.2) is 57.2 Å². The number of hydrogen-bond donors (Lipinski definition) is 1. The first-order valence-electron chi connectivity index (χ1n) is 12.8. The van der Waals surface area contributed by atoms with Crippen LogP contribution in [0.5, 0.6) is 0 Å². The molecule has 4 rings (SSSR count). The first kappa shape index (κ1) is 25.8. The third-order valence-corrected chi connectivity index (χ3v) is 12.4. The molecular weight excluding hydrogens is 444 g/mol. The standard InChI is InChI=1S/C28H42O5Si/c1-28(2,3)34(4,5)33-27-18-25-26(32-24(27)12-14-29)17-23(13-15-30-25)31-19-20-10-11-21-8-6-7-9-22(21)16-20/h6-11,16,23-27,29H,12-15,17-19H2,1-5H3/t23-,24+,25+,26-,27-/m0/s1. The molecule has 5 atom stereocenters. The fourth-order valence-corrected chi connectivity index (χ4v) is 6.16. The second-order valence-electron chi connectivity index (χ2n) is 11.4. The van der Waals surface area contributed by atoms with E-state index < -0.39 is 8.32 Å². The van der Waals surface area contributed by atoms with Gasteiger partial charge in [-0.05, 0) is 53.4 Å². The summed E-state index contributed by atoms with van der Waals surface area (Å²) in [6, 6.07) is 14.9. The molecule has 2 aliphatic rings. The van der Waals surface area contributed by atoms with Crippen molar-refractivity contribution in [2.24, 2.45) is 0 Å². The molecule has 0 amide bonds. The highest BCUT2D eigenvalue weighted by atomic mass is 28.4. The lowest BCUT2D eigenvalue weighted by Crippen LogP contribution is -2.54. The second kappa shape index (κ2) is 10.8. The Morgan fingerprint density at radius 3 is 2.53 bits per heavy atom. The van der Waals surface area contributed by atoms with Crippen LogP contribution in [-0.2, 0) is 25.2 Å². The summed E-state index contributed by atoms with van der Waals surface area (Å²) in [5.74, 6) is 0. The predicted molar refractivity (Wildman–Crippen MR) is 139 cm³/mol. The van der Waals surface area contributed by atoms with Crippen LogP contribution in [0.3, 0.4) is 0 Å². The maximum absolute atomic E-state index is 9.70. The molecule has 2 heterocycles. The molecule has 2 saturated heterocycles. The molecule has 2 fully saturated rings. The van der Waals surface area contributed by atoms with Gasteiger partial charge in [-0.1, -0.05) is 57.2 Å². The van der Waals surface area contributed by atoms with Crippen molar-refractivity contribution < 1.29 is 23.7 Å². The van der Waals surface area contributed by atoms with Gasteiger partial charge < -0.3 is 23.7 Å². The molecule has 0 bridgehead atoms. The Labute approximate surface area is 205 Å². The summed E-state index contributed by atoms with van der Waals surface area (Å²) in [7, 11) is -1.96. The van der Waals surface area contributed by atoms with Crippen molar-refractivity contribution in [3.8, 4) is 0 Å². The average Bonchev–Trinajstić information content (AvgIpc) is 2.98. The summed E-state index contributed by atoms with van der Waals surface area (Å²) >= 11 is 0. The minimum absolute atomic E-state index is 0.0129. The van der Waals surface area contributed by atoms with E-state index in [1.54, 1.807) is 0 Å². The zero-order chi connectivity index (χ0) is 24.3. The van der Waals surface area contributed by atoms with Crippen LogP contribution in [0.1, 0.15) is 52.0 Å². The van der Waals surface area contributed by atoms with Crippen molar-refractivity contribution in [1.29, 1.82) is 0 Å². The Morgan fingerprint density at radius 2 is 1.79 bits per heavy atom. The minimum atomic E-state index is -1.96. The van der Waals surface area contributed by atoms with E-state index in [-0.39, 0.29) is 42.2 Å². The number of hydrogen-bond acceptors (Lipinski definition) is 5. The Morgan fingerprint density at radius 1 is 1.03 bits per heavy atom. The number of rotatable bonds is 7. The van der Waals surface area contributed by atoms with Gasteiger partial charge in [0.15, 0.2) is 8.32 Å². The van der Waals surface area contributed by atoms with E-state index in [1.165, 1.54) is 16.3 Å². The van der Waals surface area contributed by atoms with Crippen LogP contribution in [0.15, 0.2) is 42.5 Å². The van der Waals surface area contributed by atoms with Gasteiger partial charge in [-0.25, -0.2) is 0 Å². The van der Waals surface area contributed by atoms with Gasteiger partial charge in [0.05, 0.1) is 37.1 Å². The van der Waals surface area contributed by atoms with Crippen molar-refractivity contribution in [2.75, 3.05) is 13.2 Å². The molecule has 0 unspecified atom stereocenters. The molecule has 2 aliphatic heterocycles. The Bertz CT molecular complexity index is 940. The van der Waals surface area contributed by atoms with Crippen LogP contribution in [0.25, 0.3) is 10.8 Å². The molecule has 2 aromatic carbocycles. The summed E-state index contributed by atoms with van der Waals surface area (Å²) < 4.78 is 25.9. The van der Waals surface area contributed by atoms with Crippen molar-refractivity contribution in [2.45, 2.75) is 102 Å². The number of benzene rings is 2. The van der Waals surface area contributed by atoms with Crippen LogP contribution in [0.2, 0.25) is 18.1 Å². The molecule has 6 heteroatoms.